The van der Waals surface area contributed by atoms with Gasteiger partial charge in [0, 0.05) is 56.4 Å². The average molecular weight is 689 g/mol. The number of piperazine rings is 1. The highest BCUT2D eigenvalue weighted by atomic mass is 32.2. The highest BCUT2D eigenvalue weighted by Gasteiger charge is 2.59. The van der Waals surface area contributed by atoms with E-state index in [2.05, 4.69) is 28.1 Å². The van der Waals surface area contributed by atoms with Gasteiger partial charge < -0.3 is 19.9 Å². The summed E-state index contributed by atoms with van der Waals surface area (Å²) in [4.78, 5) is 35.2. The van der Waals surface area contributed by atoms with Crippen LogP contribution in [-0.2, 0) is 20.4 Å². The number of fused-ring (bicyclic) bond motifs is 1. The number of nitriles is 1. The summed E-state index contributed by atoms with van der Waals surface area (Å²) in [5, 5.41) is 12.8. The van der Waals surface area contributed by atoms with Gasteiger partial charge in [0.05, 0.1) is 23.9 Å². The molecule has 6 rings (SSSR count). The Hall–Kier alpha value is -4.51. The van der Waals surface area contributed by atoms with Crippen molar-refractivity contribution in [3.8, 4) is 11.8 Å². The molecule has 3 amide bonds. The smallest absolute Gasteiger partial charge is 0.318 e. The van der Waals surface area contributed by atoms with Gasteiger partial charge in [0.15, 0.2) is 5.54 Å². The van der Waals surface area contributed by atoms with Crippen molar-refractivity contribution in [1.29, 1.82) is 5.26 Å². The van der Waals surface area contributed by atoms with E-state index in [9.17, 15) is 23.3 Å². The Bertz CT molecular complexity index is 1870. The molecule has 3 aromatic carbocycles. The largest absolute Gasteiger partial charge is 0.493 e. The van der Waals surface area contributed by atoms with Crippen LogP contribution >= 0.6 is 0 Å². The lowest BCUT2D eigenvalue weighted by atomic mass is 9.82. The van der Waals surface area contributed by atoms with Crippen LogP contribution in [-0.4, -0.2) is 93.5 Å². The number of nitrogens with one attached hydrogen (secondary N) is 1. The maximum atomic E-state index is 15.1. The van der Waals surface area contributed by atoms with E-state index in [0.29, 0.717) is 23.4 Å². The van der Waals surface area contributed by atoms with Crippen molar-refractivity contribution in [3.05, 3.63) is 89.2 Å². The summed E-state index contributed by atoms with van der Waals surface area (Å²) in [6.07, 6.45) is 2.63. The second-order valence-corrected chi connectivity index (χ2v) is 14.3. The standard InChI is InChI=1S/C36H41FN6O5S/c1-3-17-40-20-22-41(23-21-40)27-15-18-42(19-16-27)35(45)39-36(28-9-5-7-11-32(28)48-4-2)29-24-26(25-38)13-14-31(29)43(34(36)44)49(46,47)33-12-8-6-10-30(33)37/h5-14,24,27H,3-4,15-23H2,1-2H3,(H,39,45). The Morgan fingerprint density at radius 3 is 2.35 bits per heavy atom. The number of carbonyl (C=O) groups is 2. The minimum absolute atomic E-state index is 0.0665. The third-order valence-electron chi connectivity index (χ3n) is 9.71. The fourth-order valence-corrected chi connectivity index (χ4v) is 8.83. The van der Waals surface area contributed by atoms with Crippen LogP contribution in [0.5, 0.6) is 5.75 Å². The van der Waals surface area contributed by atoms with Gasteiger partial charge in [-0.3, -0.25) is 9.69 Å². The maximum absolute atomic E-state index is 15.1. The SMILES string of the molecule is CCCN1CCN(C2CCN(C(=O)NC3(c4ccccc4OCC)C(=O)N(S(=O)(=O)c4ccccc4F)c4ccc(C#N)cc43)CC2)CC1. The van der Waals surface area contributed by atoms with Gasteiger partial charge in [-0.25, -0.2) is 17.6 Å². The Balaban J connectivity index is 1.39. The number of amides is 3. The molecule has 0 aromatic heterocycles. The van der Waals surface area contributed by atoms with Crippen molar-refractivity contribution in [2.75, 3.05) is 56.7 Å². The predicted molar refractivity (Wildman–Crippen MR) is 182 cm³/mol. The first kappa shape index (κ1) is 34.4. The van der Waals surface area contributed by atoms with Gasteiger partial charge in [-0.2, -0.15) is 9.57 Å². The lowest BCUT2D eigenvalue weighted by molar-refractivity contribution is -0.121. The molecule has 3 aliphatic rings. The average Bonchev–Trinajstić information content (AvgIpc) is 3.36. The van der Waals surface area contributed by atoms with Crippen LogP contribution in [0.4, 0.5) is 14.9 Å². The molecule has 1 N–H and O–H groups in total. The first-order valence-electron chi connectivity index (χ1n) is 16.8. The summed E-state index contributed by atoms with van der Waals surface area (Å²) in [7, 11) is -4.83. The van der Waals surface area contributed by atoms with Gasteiger partial charge in [0.2, 0.25) is 0 Å². The molecular formula is C36H41FN6O5S. The van der Waals surface area contributed by atoms with E-state index >= 15 is 4.39 Å². The van der Waals surface area contributed by atoms with E-state index in [1.54, 1.807) is 36.1 Å². The predicted octanol–water partition coefficient (Wildman–Crippen LogP) is 4.28. The highest BCUT2D eigenvalue weighted by molar-refractivity contribution is 7.93. The quantitative estimate of drug-likeness (QED) is 0.353. The monoisotopic (exact) mass is 688 g/mol. The van der Waals surface area contributed by atoms with Crippen molar-refractivity contribution in [1.82, 2.24) is 20.0 Å². The number of anilines is 1. The number of likely N-dealkylation sites (tertiary alicyclic amines) is 1. The number of halogens is 1. The van der Waals surface area contributed by atoms with Gasteiger partial charge in [0.25, 0.3) is 15.9 Å². The van der Waals surface area contributed by atoms with Gasteiger partial charge in [-0.05, 0) is 69.1 Å². The molecule has 3 heterocycles. The van der Waals surface area contributed by atoms with Crippen molar-refractivity contribution in [3.63, 3.8) is 0 Å². The summed E-state index contributed by atoms with van der Waals surface area (Å²) in [6, 6.07) is 17.3. The van der Waals surface area contributed by atoms with Gasteiger partial charge in [-0.1, -0.05) is 37.3 Å². The van der Waals surface area contributed by atoms with Crippen LogP contribution in [0.25, 0.3) is 0 Å². The minimum atomic E-state index is -4.83. The minimum Gasteiger partial charge on any atom is -0.493 e. The Kier molecular flexibility index (Phi) is 9.92. The van der Waals surface area contributed by atoms with Crippen molar-refractivity contribution in [2.45, 2.75) is 49.6 Å². The second kappa shape index (κ2) is 14.2. The van der Waals surface area contributed by atoms with Crippen LogP contribution in [0, 0.1) is 17.1 Å². The van der Waals surface area contributed by atoms with Gasteiger partial charge in [-0.15, -0.1) is 0 Å². The number of piperidine rings is 1. The number of hydrogen-bond donors (Lipinski definition) is 1. The molecule has 11 nitrogen and oxygen atoms in total. The lowest BCUT2D eigenvalue weighted by Crippen LogP contribution is -2.59. The number of hydrogen-bond acceptors (Lipinski definition) is 8. The summed E-state index contributed by atoms with van der Waals surface area (Å²) in [5.41, 5.74) is -1.83. The molecule has 258 valence electrons. The van der Waals surface area contributed by atoms with Gasteiger partial charge >= 0.3 is 6.03 Å². The zero-order valence-corrected chi connectivity index (χ0v) is 28.6. The summed E-state index contributed by atoms with van der Waals surface area (Å²) in [5.74, 6) is -1.82. The topological polar surface area (TPSA) is 126 Å². The molecule has 0 bridgehead atoms. The van der Waals surface area contributed by atoms with Crippen LogP contribution in [0.15, 0.2) is 71.6 Å². The molecule has 1 atom stereocenters. The fraction of sp³-hybridized carbons (Fsp3) is 0.417. The third kappa shape index (κ3) is 6.24. The molecule has 0 aliphatic carbocycles. The zero-order chi connectivity index (χ0) is 34.8. The van der Waals surface area contributed by atoms with Crippen molar-refractivity contribution in [2.24, 2.45) is 0 Å². The van der Waals surface area contributed by atoms with Crippen molar-refractivity contribution >= 4 is 27.6 Å². The molecule has 3 aliphatic heterocycles. The molecule has 2 fully saturated rings. The summed E-state index contributed by atoms with van der Waals surface area (Å²) in [6.45, 7) is 10.1. The number of rotatable bonds is 9. The second-order valence-electron chi connectivity index (χ2n) is 12.6. The van der Waals surface area contributed by atoms with Crippen LogP contribution in [0.3, 0.4) is 0 Å². The zero-order valence-electron chi connectivity index (χ0n) is 27.8. The van der Waals surface area contributed by atoms with E-state index in [1.807, 2.05) is 0 Å². The molecule has 0 radical (unpaired) electrons. The van der Waals surface area contributed by atoms with E-state index in [1.165, 1.54) is 30.3 Å². The molecule has 0 spiro atoms. The number of para-hydroxylation sites is 1. The molecule has 3 aromatic rings. The molecule has 1 unspecified atom stereocenters. The summed E-state index contributed by atoms with van der Waals surface area (Å²) >= 11 is 0. The van der Waals surface area contributed by atoms with Crippen molar-refractivity contribution < 1.29 is 27.1 Å². The Morgan fingerprint density at radius 2 is 1.67 bits per heavy atom. The highest BCUT2D eigenvalue weighted by Crippen LogP contribution is 2.49. The van der Waals surface area contributed by atoms with Crippen LogP contribution < -0.4 is 14.4 Å². The number of ether oxygens (including phenoxy) is 1. The Labute approximate surface area is 286 Å². The van der Waals surface area contributed by atoms with E-state index in [4.69, 9.17) is 4.74 Å². The number of sulfonamides is 1. The first-order chi connectivity index (χ1) is 23.6. The lowest BCUT2D eigenvalue weighted by Gasteiger charge is -2.43. The van der Waals surface area contributed by atoms with Gasteiger partial charge in [0.1, 0.15) is 16.5 Å². The number of nitrogens with zero attached hydrogens (tertiary/aromatic N) is 5. The van der Waals surface area contributed by atoms with Crippen LogP contribution in [0.1, 0.15) is 49.8 Å². The van der Waals surface area contributed by atoms with E-state index in [-0.39, 0.29) is 34.7 Å². The third-order valence-corrected chi connectivity index (χ3v) is 11.4. The normalized spacial score (nSPS) is 20.6. The maximum Gasteiger partial charge on any atom is 0.318 e. The first-order valence-corrected chi connectivity index (χ1v) is 18.2. The van der Waals surface area contributed by atoms with Crippen LogP contribution in [0.2, 0.25) is 0 Å². The molecule has 13 heteroatoms. The van der Waals surface area contributed by atoms with E-state index in [0.717, 1.165) is 64.1 Å². The molecular weight excluding hydrogens is 647 g/mol. The number of urea groups is 1. The summed E-state index contributed by atoms with van der Waals surface area (Å²) < 4.78 is 49.9. The molecule has 49 heavy (non-hydrogen) atoms. The van der Waals surface area contributed by atoms with E-state index < -0.39 is 38.2 Å². The fourth-order valence-electron chi connectivity index (χ4n) is 7.30. The number of benzene rings is 3. The Morgan fingerprint density at radius 1 is 0.980 bits per heavy atom. The number of carbonyl (C=O) groups excluding carboxylic acids is 2. The molecule has 0 saturated carbocycles. The molecule has 2 saturated heterocycles.